The molecule has 1 heterocycles. The first-order valence-corrected chi connectivity index (χ1v) is 10.2. The minimum absolute atomic E-state index is 0.222. The second-order valence-electron chi connectivity index (χ2n) is 6.92. The van der Waals surface area contributed by atoms with Crippen molar-refractivity contribution in [1.82, 2.24) is 15.5 Å². The number of carbonyl (C=O) groups is 1. The van der Waals surface area contributed by atoms with Crippen molar-refractivity contribution in [1.29, 1.82) is 0 Å². The molecule has 0 bridgehead atoms. The molecule has 0 atom stereocenters. The predicted molar refractivity (Wildman–Crippen MR) is 116 cm³/mol. The van der Waals surface area contributed by atoms with Crippen LogP contribution >= 0.6 is 12.2 Å². The summed E-state index contributed by atoms with van der Waals surface area (Å²) in [7, 11) is 0. The van der Waals surface area contributed by atoms with E-state index in [1.807, 2.05) is 19.1 Å². The third-order valence-corrected chi connectivity index (χ3v) is 5.03. The first-order valence-electron chi connectivity index (χ1n) is 9.75. The molecule has 0 unspecified atom stereocenters. The fraction of sp³-hybridized carbons (Fsp3) is 0.364. The number of amides is 1. The predicted octanol–water partition coefficient (Wildman–Crippen LogP) is 3.35. The van der Waals surface area contributed by atoms with E-state index in [9.17, 15) is 4.79 Å². The Morgan fingerprint density at radius 1 is 1.14 bits per heavy atom. The lowest BCUT2D eigenvalue weighted by Crippen LogP contribution is -2.48. The lowest BCUT2D eigenvalue weighted by molar-refractivity contribution is 0.0975. The summed E-state index contributed by atoms with van der Waals surface area (Å²) in [5.74, 6) is 0.459. The van der Waals surface area contributed by atoms with Gasteiger partial charge in [0.2, 0.25) is 0 Å². The number of hydrogen-bond donors (Lipinski definition) is 2. The fourth-order valence-electron chi connectivity index (χ4n) is 3.37. The van der Waals surface area contributed by atoms with Gasteiger partial charge in [-0.05, 0) is 55.7 Å². The largest absolute Gasteiger partial charge is 0.494 e. The fourth-order valence-corrected chi connectivity index (χ4v) is 3.63. The lowest BCUT2D eigenvalue weighted by Gasteiger charge is -2.32. The minimum Gasteiger partial charge on any atom is -0.494 e. The monoisotopic (exact) mass is 397 g/mol. The highest BCUT2D eigenvalue weighted by atomic mass is 32.1. The minimum atomic E-state index is -0.222. The number of likely N-dealkylation sites (tertiary alicyclic amines) is 1. The van der Waals surface area contributed by atoms with Crippen molar-refractivity contribution < 1.29 is 9.53 Å². The van der Waals surface area contributed by atoms with E-state index in [1.165, 1.54) is 5.56 Å². The zero-order valence-electron chi connectivity index (χ0n) is 16.2. The van der Waals surface area contributed by atoms with Crippen LogP contribution in [0.3, 0.4) is 0 Å². The summed E-state index contributed by atoms with van der Waals surface area (Å²) in [6, 6.07) is 17.9. The summed E-state index contributed by atoms with van der Waals surface area (Å²) in [6.45, 7) is 5.48. The maximum Gasteiger partial charge on any atom is 0.257 e. The van der Waals surface area contributed by atoms with E-state index < -0.39 is 0 Å². The van der Waals surface area contributed by atoms with Crippen LogP contribution < -0.4 is 15.4 Å². The molecule has 28 heavy (non-hydrogen) atoms. The summed E-state index contributed by atoms with van der Waals surface area (Å²) in [4.78, 5) is 14.9. The molecule has 1 saturated heterocycles. The molecule has 1 amide bonds. The Balaban J connectivity index is 1.43. The van der Waals surface area contributed by atoms with Gasteiger partial charge in [0.25, 0.3) is 5.91 Å². The Morgan fingerprint density at radius 2 is 1.89 bits per heavy atom. The van der Waals surface area contributed by atoms with Crippen LogP contribution in [0.15, 0.2) is 54.6 Å². The summed E-state index contributed by atoms with van der Waals surface area (Å²) in [6.07, 6.45) is 2.01. The zero-order valence-corrected chi connectivity index (χ0v) is 17.0. The van der Waals surface area contributed by atoms with Crippen molar-refractivity contribution >= 4 is 23.2 Å². The number of hydrogen-bond acceptors (Lipinski definition) is 4. The first kappa shape index (κ1) is 20.3. The quantitative estimate of drug-likeness (QED) is 0.732. The van der Waals surface area contributed by atoms with E-state index in [0.717, 1.165) is 32.5 Å². The highest BCUT2D eigenvalue weighted by molar-refractivity contribution is 7.80. The molecule has 2 aromatic carbocycles. The van der Waals surface area contributed by atoms with Crippen molar-refractivity contribution in [3.8, 4) is 5.75 Å². The average molecular weight is 398 g/mol. The molecular weight excluding hydrogens is 370 g/mol. The van der Waals surface area contributed by atoms with Gasteiger partial charge in [-0.15, -0.1) is 0 Å². The van der Waals surface area contributed by atoms with Gasteiger partial charge in [0.1, 0.15) is 5.75 Å². The van der Waals surface area contributed by atoms with Crippen LogP contribution in [-0.2, 0) is 6.54 Å². The topological polar surface area (TPSA) is 53.6 Å². The van der Waals surface area contributed by atoms with E-state index in [0.29, 0.717) is 23.0 Å². The number of carbonyl (C=O) groups excluding carboxylic acids is 1. The summed E-state index contributed by atoms with van der Waals surface area (Å²) >= 11 is 5.34. The van der Waals surface area contributed by atoms with Gasteiger partial charge in [-0.25, -0.2) is 0 Å². The zero-order chi connectivity index (χ0) is 19.8. The maximum absolute atomic E-state index is 12.4. The van der Waals surface area contributed by atoms with Gasteiger partial charge < -0.3 is 10.1 Å². The van der Waals surface area contributed by atoms with E-state index in [-0.39, 0.29) is 11.9 Å². The first-order chi connectivity index (χ1) is 13.6. The second-order valence-corrected chi connectivity index (χ2v) is 7.33. The summed E-state index contributed by atoms with van der Waals surface area (Å²) < 4.78 is 5.44. The second kappa shape index (κ2) is 10.2. The number of ether oxygens (including phenoxy) is 1. The van der Waals surface area contributed by atoms with Gasteiger partial charge in [-0.2, -0.15) is 0 Å². The van der Waals surface area contributed by atoms with E-state index >= 15 is 0 Å². The third-order valence-electron chi connectivity index (χ3n) is 4.81. The van der Waals surface area contributed by atoms with Crippen LogP contribution in [0.25, 0.3) is 0 Å². The van der Waals surface area contributed by atoms with Crippen LogP contribution in [0.1, 0.15) is 35.7 Å². The lowest BCUT2D eigenvalue weighted by atomic mass is 10.0. The Bertz CT molecular complexity index is 789. The number of nitrogens with one attached hydrogen (secondary N) is 2. The molecule has 1 aliphatic rings. The molecule has 0 aromatic heterocycles. The molecule has 0 spiro atoms. The van der Waals surface area contributed by atoms with Crippen molar-refractivity contribution in [3.63, 3.8) is 0 Å². The molecule has 1 fully saturated rings. The third kappa shape index (κ3) is 6.04. The molecule has 0 radical (unpaired) electrons. The summed E-state index contributed by atoms with van der Waals surface area (Å²) in [5.41, 5.74) is 1.87. The van der Waals surface area contributed by atoms with Gasteiger partial charge in [0, 0.05) is 31.2 Å². The highest BCUT2D eigenvalue weighted by Gasteiger charge is 2.20. The van der Waals surface area contributed by atoms with Crippen molar-refractivity contribution in [2.24, 2.45) is 0 Å². The molecule has 1 aliphatic heterocycles. The highest BCUT2D eigenvalue weighted by Crippen LogP contribution is 2.15. The van der Waals surface area contributed by atoms with Gasteiger partial charge in [0.05, 0.1) is 6.61 Å². The van der Waals surface area contributed by atoms with Crippen molar-refractivity contribution in [2.45, 2.75) is 32.4 Å². The van der Waals surface area contributed by atoms with Gasteiger partial charge >= 0.3 is 0 Å². The SMILES string of the molecule is CCOc1cccc(C(=O)NC(=S)NC2CCN(Cc3ccccc3)CC2)c1. The van der Waals surface area contributed by atoms with Crippen molar-refractivity contribution in [3.05, 3.63) is 65.7 Å². The molecule has 5 nitrogen and oxygen atoms in total. The molecule has 0 aliphatic carbocycles. The van der Waals surface area contributed by atoms with Gasteiger partial charge in [0.15, 0.2) is 5.11 Å². The molecule has 6 heteroatoms. The van der Waals surface area contributed by atoms with E-state index in [2.05, 4.69) is 39.8 Å². The van der Waals surface area contributed by atoms with Gasteiger partial charge in [-0.1, -0.05) is 36.4 Å². The molecule has 2 N–H and O–H groups in total. The number of nitrogens with zero attached hydrogens (tertiary/aromatic N) is 1. The molecule has 2 aromatic rings. The molecule has 3 rings (SSSR count). The number of rotatable bonds is 6. The normalized spacial score (nSPS) is 15.0. The Labute approximate surface area is 172 Å². The Kier molecular flexibility index (Phi) is 7.39. The van der Waals surface area contributed by atoms with Crippen molar-refractivity contribution in [2.75, 3.05) is 19.7 Å². The molecular formula is C22H27N3O2S. The molecule has 0 saturated carbocycles. The standard InChI is InChI=1S/C22H27N3O2S/c1-2-27-20-10-6-9-18(15-20)21(26)24-22(28)23-19-11-13-25(14-12-19)16-17-7-4-3-5-8-17/h3-10,15,19H,2,11-14,16H2,1H3,(H2,23,24,26,28). The van der Waals surface area contributed by atoms with E-state index in [4.69, 9.17) is 17.0 Å². The van der Waals surface area contributed by atoms with Crippen LogP contribution in [-0.4, -0.2) is 41.7 Å². The maximum atomic E-state index is 12.4. The smallest absolute Gasteiger partial charge is 0.257 e. The number of thiocarbonyl (C=S) groups is 1. The Hall–Kier alpha value is -2.44. The van der Waals surface area contributed by atoms with Crippen LogP contribution in [0.4, 0.5) is 0 Å². The Morgan fingerprint density at radius 3 is 2.61 bits per heavy atom. The van der Waals surface area contributed by atoms with E-state index in [1.54, 1.807) is 18.2 Å². The van der Waals surface area contributed by atoms with Crippen LogP contribution in [0.5, 0.6) is 5.75 Å². The van der Waals surface area contributed by atoms with Gasteiger partial charge in [-0.3, -0.25) is 15.0 Å². The number of piperidine rings is 1. The molecule has 148 valence electrons. The number of benzene rings is 2. The summed E-state index contributed by atoms with van der Waals surface area (Å²) in [5, 5.41) is 6.44. The average Bonchev–Trinajstić information content (AvgIpc) is 2.71. The van der Waals surface area contributed by atoms with Crippen LogP contribution in [0, 0.1) is 0 Å². The van der Waals surface area contributed by atoms with Crippen LogP contribution in [0.2, 0.25) is 0 Å².